The fourth-order valence-electron chi connectivity index (χ4n) is 2.25. The van der Waals surface area contributed by atoms with Gasteiger partial charge in [-0.25, -0.2) is 4.79 Å². The van der Waals surface area contributed by atoms with Gasteiger partial charge in [0.25, 0.3) is 0 Å². The average molecular weight is 347 g/mol. The molecular formula is C16H19ClN6O. The number of nitriles is 1. The van der Waals surface area contributed by atoms with Gasteiger partial charge in [-0.3, -0.25) is 5.10 Å². The van der Waals surface area contributed by atoms with Crippen molar-refractivity contribution >= 4 is 23.4 Å². The highest BCUT2D eigenvalue weighted by Gasteiger charge is 2.11. The van der Waals surface area contributed by atoms with Crippen LogP contribution in [-0.2, 0) is 6.42 Å². The lowest BCUT2D eigenvalue weighted by atomic mass is 10.1. The van der Waals surface area contributed by atoms with Gasteiger partial charge in [0.2, 0.25) is 0 Å². The molecule has 0 saturated carbocycles. The Kier molecular flexibility index (Phi) is 6.04. The van der Waals surface area contributed by atoms with Gasteiger partial charge in [0, 0.05) is 11.6 Å². The third kappa shape index (κ3) is 4.64. The molecule has 8 heteroatoms. The number of hydrogen-bond acceptors (Lipinski definition) is 4. The molecule has 7 nitrogen and oxygen atoms in total. The summed E-state index contributed by atoms with van der Waals surface area (Å²) in [6, 6.07) is 8.96. The van der Waals surface area contributed by atoms with Gasteiger partial charge in [-0.2, -0.15) is 10.4 Å². The standard InChI is InChI=1S/C16H19ClN6O/c1-10(11-4-6-12(17)7-5-11)21-16(24)20-8-2-3-14-13(9-18)15(19)23-22-14/h4-7,10H,2-3,8H2,1H3,(H3,19,22,23)(H2,20,21,24)/t10-/m1/s1. The molecule has 2 rings (SSSR count). The van der Waals surface area contributed by atoms with E-state index in [0.717, 1.165) is 5.56 Å². The quantitative estimate of drug-likeness (QED) is 0.600. The van der Waals surface area contributed by atoms with E-state index < -0.39 is 0 Å². The summed E-state index contributed by atoms with van der Waals surface area (Å²) < 4.78 is 0. The Labute approximate surface area is 145 Å². The zero-order chi connectivity index (χ0) is 17.5. The monoisotopic (exact) mass is 346 g/mol. The normalized spacial score (nSPS) is 11.5. The number of aromatic nitrogens is 2. The maximum atomic E-state index is 11.9. The van der Waals surface area contributed by atoms with E-state index in [2.05, 4.69) is 20.8 Å². The molecule has 0 aliphatic heterocycles. The molecule has 0 radical (unpaired) electrons. The molecule has 126 valence electrons. The molecule has 0 aliphatic rings. The van der Waals surface area contributed by atoms with Gasteiger partial charge in [0.1, 0.15) is 11.6 Å². The number of urea groups is 1. The van der Waals surface area contributed by atoms with Crippen molar-refractivity contribution in [1.82, 2.24) is 20.8 Å². The number of nitrogens with zero attached hydrogens (tertiary/aromatic N) is 2. The van der Waals surface area contributed by atoms with Crippen LogP contribution in [0.5, 0.6) is 0 Å². The lowest BCUT2D eigenvalue weighted by molar-refractivity contribution is 0.238. The number of halogens is 1. The zero-order valence-corrected chi connectivity index (χ0v) is 14.0. The first-order chi connectivity index (χ1) is 11.5. The second-order valence-corrected chi connectivity index (χ2v) is 5.79. The van der Waals surface area contributed by atoms with Crippen molar-refractivity contribution in [1.29, 1.82) is 5.26 Å². The van der Waals surface area contributed by atoms with Crippen molar-refractivity contribution in [2.45, 2.75) is 25.8 Å². The van der Waals surface area contributed by atoms with Crippen LogP contribution in [0.3, 0.4) is 0 Å². The first-order valence-electron chi connectivity index (χ1n) is 7.54. The van der Waals surface area contributed by atoms with Gasteiger partial charge in [-0.05, 0) is 37.5 Å². The van der Waals surface area contributed by atoms with E-state index in [1.807, 2.05) is 25.1 Å². The highest BCUT2D eigenvalue weighted by molar-refractivity contribution is 6.30. The summed E-state index contributed by atoms with van der Waals surface area (Å²) in [5, 5.41) is 21.8. The number of hydrogen-bond donors (Lipinski definition) is 4. The number of carbonyl (C=O) groups is 1. The van der Waals surface area contributed by atoms with Crippen molar-refractivity contribution in [3.63, 3.8) is 0 Å². The van der Waals surface area contributed by atoms with E-state index >= 15 is 0 Å². The first-order valence-corrected chi connectivity index (χ1v) is 7.91. The predicted molar refractivity (Wildman–Crippen MR) is 92.4 cm³/mol. The largest absolute Gasteiger partial charge is 0.381 e. The van der Waals surface area contributed by atoms with Crippen LogP contribution in [0.15, 0.2) is 24.3 Å². The highest BCUT2D eigenvalue weighted by Crippen LogP contribution is 2.16. The Morgan fingerprint density at radius 1 is 1.46 bits per heavy atom. The van der Waals surface area contributed by atoms with Crippen LogP contribution in [0, 0.1) is 11.3 Å². The summed E-state index contributed by atoms with van der Waals surface area (Å²) in [5.74, 6) is 0.204. The molecule has 0 bridgehead atoms. The number of aromatic amines is 1. The molecule has 1 heterocycles. The Balaban J connectivity index is 1.73. The SMILES string of the molecule is C[C@@H](NC(=O)NCCCc1[nH]nc(N)c1C#N)c1ccc(Cl)cc1. The summed E-state index contributed by atoms with van der Waals surface area (Å²) in [7, 11) is 0. The molecule has 5 N–H and O–H groups in total. The molecule has 1 aromatic heterocycles. The molecule has 1 atom stereocenters. The molecule has 0 fully saturated rings. The fourth-order valence-corrected chi connectivity index (χ4v) is 2.38. The van der Waals surface area contributed by atoms with Crippen LogP contribution in [-0.4, -0.2) is 22.8 Å². The lowest BCUT2D eigenvalue weighted by Crippen LogP contribution is -2.37. The summed E-state index contributed by atoms with van der Waals surface area (Å²) >= 11 is 5.85. The minimum Gasteiger partial charge on any atom is -0.381 e. The van der Waals surface area contributed by atoms with Crippen molar-refractivity contribution in [3.8, 4) is 6.07 Å². The van der Waals surface area contributed by atoms with Crippen LogP contribution < -0.4 is 16.4 Å². The van der Waals surface area contributed by atoms with Crippen LogP contribution in [0.1, 0.15) is 36.2 Å². The number of H-pyrrole nitrogens is 1. The zero-order valence-electron chi connectivity index (χ0n) is 13.3. The van der Waals surface area contributed by atoms with Crippen LogP contribution in [0.4, 0.5) is 10.6 Å². The minimum absolute atomic E-state index is 0.125. The van der Waals surface area contributed by atoms with E-state index in [1.165, 1.54) is 0 Å². The third-order valence-electron chi connectivity index (χ3n) is 3.59. The number of anilines is 1. The smallest absolute Gasteiger partial charge is 0.315 e. The number of nitrogen functional groups attached to an aromatic ring is 1. The Morgan fingerprint density at radius 2 is 2.17 bits per heavy atom. The lowest BCUT2D eigenvalue weighted by Gasteiger charge is -2.15. The maximum Gasteiger partial charge on any atom is 0.315 e. The molecule has 1 aromatic carbocycles. The van der Waals surface area contributed by atoms with Gasteiger partial charge in [0.15, 0.2) is 5.82 Å². The summed E-state index contributed by atoms with van der Waals surface area (Å²) in [4.78, 5) is 11.9. The molecule has 2 aromatic rings. The van der Waals surface area contributed by atoms with Crippen LogP contribution >= 0.6 is 11.6 Å². The van der Waals surface area contributed by atoms with Crippen molar-refractivity contribution < 1.29 is 4.79 Å². The second-order valence-electron chi connectivity index (χ2n) is 5.35. The Bertz CT molecular complexity index is 734. The van der Waals surface area contributed by atoms with Gasteiger partial charge >= 0.3 is 6.03 Å². The van der Waals surface area contributed by atoms with E-state index in [1.54, 1.807) is 12.1 Å². The molecule has 0 spiro atoms. The van der Waals surface area contributed by atoms with Gasteiger partial charge in [-0.1, -0.05) is 23.7 Å². The molecular weight excluding hydrogens is 328 g/mol. The van der Waals surface area contributed by atoms with Crippen LogP contribution in [0.2, 0.25) is 5.02 Å². The topological polar surface area (TPSA) is 120 Å². The van der Waals surface area contributed by atoms with E-state index in [4.69, 9.17) is 22.6 Å². The number of rotatable bonds is 6. The maximum absolute atomic E-state index is 11.9. The summed E-state index contributed by atoms with van der Waals surface area (Å²) in [5.41, 5.74) is 7.60. The van der Waals surface area contributed by atoms with Crippen LogP contribution in [0.25, 0.3) is 0 Å². The number of amides is 2. The summed E-state index contributed by atoms with van der Waals surface area (Å²) in [6.07, 6.45) is 1.25. The third-order valence-corrected chi connectivity index (χ3v) is 3.84. The minimum atomic E-state index is -0.248. The van der Waals surface area contributed by atoms with Crippen molar-refractivity contribution in [3.05, 3.63) is 46.1 Å². The predicted octanol–water partition coefficient (Wildman–Crippen LogP) is 2.51. The van der Waals surface area contributed by atoms with E-state index in [9.17, 15) is 4.79 Å². The molecule has 0 unspecified atom stereocenters. The molecule has 24 heavy (non-hydrogen) atoms. The van der Waals surface area contributed by atoms with Gasteiger partial charge in [0.05, 0.1) is 11.7 Å². The number of carbonyl (C=O) groups excluding carboxylic acids is 1. The average Bonchev–Trinajstić information content (AvgIpc) is 2.92. The highest BCUT2D eigenvalue weighted by atomic mass is 35.5. The molecule has 0 saturated heterocycles. The van der Waals surface area contributed by atoms with Gasteiger partial charge in [-0.15, -0.1) is 0 Å². The van der Waals surface area contributed by atoms with E-state index in [-0.39, 0.29) is 17.9 Å². The number of benzene rings is 1. The van der Waals surface area contributed by atoms with Crippen molar-refractivity contribution in [2.24, 2.45) is 0 Å². The summed E-state index contributed by atoms with van der Waals surface area (Å²) in [6.45, 7) is 2.37. The number of aryl methyl sites for hydroxylation is 1. The Hall–Kier alpha value is -2.72. The molecule has 0 aliphatic carbocycles. The Morgan fingerprint density at radius 3 is 2.83 bits per heavy atom. The fraction of sp³-hybridized carbons (Fsp3) is 0.312. The number of nitrogens with one attached hydrogen (secondary N) is 3. The molecule has 2 amide bonds. The van der Waals surface area contributed by atoms with Gasteiger partial charge < -0.3 is 16.4 Å². The second kappa shape index (κ2) is 8.22. The van der Waals surface area contributed by atoms with E-state index in [0.29, 0.717) is 35.7 Å². The van der Waals surface area contributed by atoms with Crippen molar-refractivity contribution in [2.75, 3.05) is 12.3 Å². The first kappa shape index (κ1) is 17.6. The number of nitrogens with two attached hydrogens (primary N) is 1.